The molecule has 0 amide bonds. The summed E-state index contributed by atoms with van der Waals surface area (Å²) >= 11 is 0. The van der Waals surface area contributed by atoms with E-state index in [4.69, 9.17) is 9.47 Å². The lowest BCUT2D eigenvalue weighted by atomic mass is 10.1. The molecule has 1 unspecified atom stereocenters. The molecule has 0 bridgehead atoms. The molecule has 0 aliphatic rings. The van der Waals surface area contributed by atoms with Crippen molar-refractivity contribution < 1.29 is 9.47 Å². The number of methoxy groups -OCH3 is 1. The number of rotatable bonds is 7. The van der Waals surface area contributed by atoms with E-state index in [-0.39, 0.29) is 6.10 Å². The quantitative estimate of drug-likeness (QED) is 0.556. The van der Waals surface area contributed by atoms with Gasteiger partial charge in [-0.25, -0.2) is 0 Å². The maximum absolute atomic E-state index is 6.19. The van der Waals surface area contributed by atoms with Gasteiger partial charge in [-0.15, -0.1) is 0 Å². The molecule has 25 heavy (non-hydrogen) atoms. The molecule has 0 fully saturated rings. The standard InChI is InChI=1S/C23H22O2/c1-24-22-14-8-11-20(17-22)18-25-23(21-12-6-3-7-13-21)16-15-19-9-4-2-5-10-19/h2-17,23H,18H2,1H3/b16-15+. The third-order valence-electron chi connectivity index (χ3n) is 3.95. The zero-order chi connectivity index (χ0) is 17.3. The van der Waals surface area contributed by atoms with Gasteiger partial charge in [0.15, 0.2) is 0 Å². The van der Waals surface area contributed by atoms with E-state index in [2.05, 4.69) is 36.4 Å². The summed E-state index contributed by atoms with van der Waals surface area (Å²) in [5, 5.41) is 0. The van der Waals surface area contributed by atoms with Gasteiger partial charge in [0.1, 0.15) is 11.9 Å². The van der Waals surface area contributed by atoms with Crippen LogP contribution in [0.2, 0.25) is 0 Å². The van der Waals surface area contributed by atoms with Crippen LogP contribution < -0.4 is 4.74 Å². The maximum Gasteiger partial charge on any atom is 0.119 e. The Kier molecular flexibility index (Phi) is 6.02. The summed E-state index contributed by atoms with van der Waals surface area (Å²) in [5.74, 6) is 0.845. The summed E-state index contributed by atoms with van der Waals surface area (Å²) in [6.07, 6.45) is 4.10. The highest BCUT2D eigenvalue weighted by atomic mass is 16.5. The second kappa shape index (κ2) is 8.86. The summed E-state index contributed by atoms with van der Waals surface area (Å²) in [4.78, 5) is 0. The van der Waals surface area contributed by atoms with Crippen molar-refractivity contribution in [1.82, 2.24) is 0 Å². The van der Waals surface area contributed by atoms with E-state index >= 15 is 0 Å². The van der Waals surface area contributed by atoms with E-state index in [0.29, 0.717) is 6.61 Å². The number of hydrogen-bond acceptors (Lipinski definition) is 2. The lowest BCUT2D eigenvalue weighted by Gasteiger charge is -2.15. The highest BCUT2D eigenvalue weighted by molar-refractivity contribution is 5.50. The Labute approximate surface area is 149 Å². The van der Waals surface area contributed by atoms with E-state index in [1.165, 1.54) is 0 Å². The predicted octanol–water partition coefficient (Wildman–Crippen LogP) is 5.67. The van der Waals surface area contributed by atoms with Crippen LogP contribution in [-0.4, -0.2) is 7.11 Å². The van der Waals surface area contributed by atoms with E-state index in [1.807, 2.05) is 60.7 Å². The molecule has 0 aliphatic heterocycles. The molecule has 2 heteroatoms. The Balaban J connectivity index is 1.75. The van der Waals surface area contributed by atoms with Gasteiger partial charge in [0.2, 0.25) is 0 Å². The molecule has 2 nitrogen and oxygen atoms in total. The maximum atomic E-state index is 6.19. The van der Waals surface area contributed by atoms with Crippen LogP contribution in [0.1, 0.15) is 22.8 Å². The summed E-state index contributed by atoms with van der Waals surface area (Å²) in [7, 11) is 1.68. The van der Waals surface area contributed by atoms with E-state index in [1.54, 1.807) is 7.11 Å². The van der Waals surface area contributed by atoms with Gasteiger partial charge in [-0.05, 0) is 28.8 Å². The molecule has 0 heterocycles. The van der Waals surface area contributed by atoms with Crippen molar-refractivity contribution in [3.63, 3.8) is 0 Å². The van der Waals surface area contributed by atoms with Gasteiger partial charge < -0.3 is 9.47 Å². The molecule has 3 aromatic rings. The zero-order valence-corrected chi connectivity index (χ0v) is 14.3. The van der Waals surface area contributed by atoms with Crippen molar-refractivity contribution in [2.75, 3.05) is 7.11 Å². The van der Waals surface area contributed by atoms with Crippen molar-refractivity contribution in [3.05, 3.63) is 108 Å². The van der Waals surface area contributed by atoms with Crippen molar-refractivity contribution in [3.8, 4) is 5.75 Å². The first kappa shape index (κ1) is 17.0. The lowest BCUT2D eigenvalue weighted by Crippen LogP contribution is -2.02. The molecule has 0 saturated carbocycles. The van der Waals surface area contributed by atoms with Gasteiger partial charge in [-0.2, -0.15) is 0 Å². The normalized spacial score (nSPS) is 12.2. The summed E-state index contributed by atoms with van der Waals surface area (Å²) < 4.78 is 11.5. The second-order valence-corrected chi connectivity index (χ2v) is 5.76. The third kappa shape index (κ3) is 5.07. The van der Waals surface area contributed by atoms with Gasteiger partial charge in [0.05, 0.1) is 13.7 Å². The lowest BCUT2D eigenvalue weighted by molar-refractivity contribution is 0.0722. The fourth-order valence-electron chi connectivity index (χ4n) is 2.62. The number of hydrogen-bond donors (Lipinski definition) is 0. The van der Waals surface area contributed by atoms with Crippen LogP contribution in [-0.2, 0) is 11.3 Å². The minimum atomic E-state index is -0.104. The molecular formula is C23H22O2. The van der Waals surface area contributed by atoms with Crippen LogP contribution >= 0.6 is 0 Å². The van der Waals surface area contributed by atoms with Crippen molar-refractivity contribution in [2.45, 2.75) is 12.7 Å². The van der Waals surface area contributed by atoms with Crippen molar-refractivity contribution in [1.29, 1.82) is 0 Å². The SMILES string of the molecule is COc1cccc(COC(/C=C/c2ccccc2)c2ccccc2)c1. The molecule has 0 N–H and O–H groups in total. The minimum absolute atomic E-state index is 0.104. The molecule has 0 saturated heterocycles. The molecule has 0 radical (unpaired) electrons. The predicted molar refractivity (Wildman–Crippen MR) is 102 cm³/mol. The molecule has 3 rings (SSSR count). The Morgan fingerprint density at radius 2 is 1.56 bits per heavy atom. The van der Waals surface area contributed by atoms with Gasteiger partial charge >= 0.3 is 0 Å². The largest absolute Gasteiger partial charge is 0.497 e. The van der Waals surface area contributed by atoms with E-state index in [0.717, 1.165) is 22.4 Å². The number of benzene rings is 3. The van der Waals surface area contributed by atoms with Crippen LogP contribution in [0.4, 0.5) is 0 Å². The smallest absolute Gasteiger partial charge is 0.119 e. The molecule has 0 aliphatic carbocycles. The average molecular weight is 330 g/mol. The summed E-state index contributed by atoms with van der Waals surface area (Å²) in [5.41, 5.74) is 3.39. The molecule has 1 atom stereocenters. The Hall–Kier alpha value is -2.84. The Morgan fingerprint density at radius 3 is 2.28 bits per heavy atom. The Bertz CT molecular complexity index is 795. The highest BCUT2D eigenvalue weighted by Crippen LogP contribution is 2.23. The zero-order valence-electron chi connectivity index (χ0n) is 14.3. The first-order valence-electron chi connectivity index (χ1n) is 8.38. The van der Waals surface area contributed by atoms with E-state index < -0.39 is 0 Å². The van der Waals surface area contributed by atoms with Gasteiger partial charge in [0, 0.05) is 0 Å². The highest BCUT2D eigenvalue weighted by Gasteiger charge is 2.09. The first-order valence-corrected chi connectivity index (χ1v) is 8.38. The van der Waals surface area contributed by atoms with Gasteiger partial charge in [-0.3, -0.25) is 0 Å². The first-order chi connectivity index (χ1) is 12.3. The van der Waals surface area contributed by atoms with Crippen LogP contribution in [0.3, 0.4) is 0 Å². The van der Waals surface area contributed by atoms with Crippen molar-refractivity contribution in [2.24, 2.45) is 0 Å². The summed E-state index contributed by atoms with van der Waals surface area (Å²) in [6, 6.07) is 28.5. The van der Waals surface area contributed by atoms with Crippen LogP contribution in [0, 0.1) is 0 Å². The molecule has 3 aromatic carbocycles. The fourth-order valence-corrected chi connectivity index (χ4v) is 2.62. The fraction of sp³-hybridized carbons (Fsp3) is 0.130. The van der Waals surface area contributed by atoms with Gasteiger partial charge in [0.25, 0.3) is 0 Å². The van der Waals surface area contributed by atoms with Crippen molar-refractivity contribution >= 4 is 6.08 Å². The van der Waals surface area contributed by atoms with Crippen LogP contribution in [0.5, 0.6) is 5.75 Å². The third-order valence-corrected chi connectivity index (χ3v) is 3.95. The van der Waals surface area contributed by atoms with E-state index in [9.17, 15) is 0 Å². The average Bonchev–Trinajstić information content (AvgIpc) is 2.69. The number of ether oxygens (including phenoxy) is 2. The molecular weight excluding hydrogens is 308 g/mol. The van der Waals surface area contributed by atoms with Crippen LogP contribution in [0.25, 0.3) is 6.08 Å². The molecule has 0 spiro atoms. The van der Waals surface area contributed by atoms with Gasteiger partial charge in [-0.1, -0.05) is 84.9 Å². The minimum Gasteiger partial charge on any atom is -0.497 e. The molecule has 126 valence electrons. The summed E-state index contributed by atoms with van der Waals surface area (Å²) in [6.45, 7) is 0.524. The second-order valence-electron chi connectivity index (χ2n) is 5.76. The Morgan fingerprint density at radius 1 is 0.840 bits per heavy atom. The topological polar surface area (TPSA) is 18.5 Å². The molecule has 0 aromatic heterocycles. The monoisotopic (exact) mass is 330 g/mol. The van der Waals surface area contributed by atoms with Crippen LogP contribution in [0.15, 0.2) is 91.0 Å².